The van der Waals surface area contributed by atoms with Crippen molar-refractivity contribution in [3.63, 3.8) is 0 Å². The highest BCUT2D eigenvalue weighted by molar-refractivity contribution is 6.30. The summed E-state index contributed by atoms with van der Waals surface area (Å²) in [6, 6.07) is 5.49. The van der Waals surface area contributed by atoms with Gasteiger partial charge in [0, 0.05) is 30.2 Å². The maximum absolute atomic E-state index is 12.1. The number of carbonyl (C=O) groups excluding carboxylic acids is 1. The van der Waals surface area contributed by atoms with Gasteiger partial charge in [-0.1, -0.05) is 11.6 Å². The van der Waals surface area contributed by atoms with Gasteiger partial charge in [-0.25, -0.2) is 4.79 Å². The second-order valence-corrected chi connectivity index (χ2v) is 8.30. The van der Waals surface area contributed by atoms with Gasteiger partial charge in [0.15, 0.2) is 0 Å². The number of aliphatic hydroxyl groups is 1. The van der Waals surface area contributed by atoms with E-state index in [0.717, 1.165) is 43.8 Å². The zero-order valence-electron chi connectivity index (χ0n) is 16.5. The number of aliphatic hydroxyl groups excluding tert-OH is 1. The molecule has 1 aliphatic heterocycles. The Morgan fingerprint density at radius 3 is 2.67 bits per heavy atom. The standard InChI is InChI=1S/C20H31ClN2O4/c1-20(2,3)27-19(25)23-8-6-15(7-9-23)13-22-14-16-12-17(21)4-5-18(16)26-11-10-24/h4-5,12,15,22,24H,6-11,13-14H2,1-3H3. The Hall–Kier alpha value is -1.50. The van der Waals surface area contributed by atoms with Gasteiger partial charge in [0.05, 0.1) is 6.61 Å². The van der Waals surface area contributed by atoms with Crippen LogP contribution in [0.25, 0.3) is 0 Å². The Kier molecular flexibility index (Phi) is 8.20. The summed E-state index contributed by atoms with van der Waals surface area (Å²) >= 11 is 6.09. The van der Waals surface area contributed by atoms with E-state index in [9.17, 15) is 4.79 Å². The van der Waals surface area contributed by atoms with Gasteiger partial charge in [-0.2, -0.15) is 0 Å². The number of ether oxygens (including phenoxy) is 2. The van der Waals surface area contributed by atoms with E-state index < -0.39 is 5.60 Å². The SMILES string of the molecule is CC(C)(C)OC(=O)N1CCC(CNCc2cc(Cl)ccc2OCCO)CC1. The van der Waals surface area contributed by atoms with Gasteiger partial charge >= 0.3 is 6.09 Å². The van der Waals surface area contributed by atoms with Crippen molar-refractivity contribution in [2.45, 2.75) is 45.8 Å². The topological polar surface area (TPSA) is 71.0 Å². The lowest BCUT2D eigenvalue weighted by Crippen LogP contribution is -2.43. The van der Waals surface area contributed by atoms with E-state index >= 15 is 0 Å². The van der Waals surface area contributed by atoms with Crippen LogP contribution in [0.3, 0.4) is 0 Å². The number of nitrogens with zero attached hydrogens (tertiary/aromatic N) is 1. The quantitative estimate of drug-likeness (QED) is 0.736. The maximum atomic E-state index is 12.1. The van der Waals surface area contributed by atoms with E-state index in [-0.39, 0.29) is 19.3 Å². The zero-order chi connectivity index (χ0) is 19.9. The van der Waals surface area contributed by atoms with Crippen LogP contribution >= 0.6 is 11.6 Å². The number of rotatable bonds is 7. The molecular weight excluding hydrogens is 368 g/mol. The van der Waals surface area contributed by atoms with Gasteiger partial charge < -0.3 is 24.8 Å². The monoisotopic (exact) mass is 398 g/mol. The fraction of sp³-hybridized carbons (Fsp3) is 0.650. The Morgan fingerprint density at radius 2 is 2.04 bits per heavy atom. The molecule has 0 bridgehead atoms. The highest BCUT2D eigenvalue weighted by Crippen LogP contribution is 2.24. The van der Waals surface area contributed by atoms with Crippen LogP contribution in [-0.4, -0.2) is 54.5 Å². The van der Waals surface area contributed by atoms with Gasteiger partial charge in [0.1, 0.15) is 18.0 Å². The van der Waals surface area contributed by atoms with E-state index in [0.29, 0.717) is 17.5 Å². The molecule has 1 aliphatic rings. The normalized spacial score (nSPS) is 15.7. The van der Waals surface area contributed by atoms with Crippen LogP contribution in [0.15, 0.2) is 18.2 Å². The molecule has 1 amide bonds. The number of benzene rings is 1. The molecule has 0 atom stereocenters. The van der Waals surface area contributed by atoms with E-state index in [1.165, 1.54) is 0 Å². The molecule has 0 aliphatic carbocycles. The number of hydrogen-bond acceptors (Lipinski definition) is 5. The summed E-state index contributed by atoms with van der Waals surface area (Å²) in [5, 5.41) is 13.1. The Labute approximate surface area is 166 Å². The summed E-state index contributed by atoms with van der Waals surface area (Å²) in [6.07, 6.45) is 1.68. The molecule has 27 heavy (non-hydrogen) atoms. The number of hydrogen-bond donors (Lipinski definition) is 2. The van der Waals surface area contributed by atoms with Gasteiger partial charge in [-0.15, -0.1) is 0 Å². The van der Waals surface area contributed by atoms with E-state index in [1.807, 2.05) is 32.9 Å². The number of halogens is 1. The van der Waals surface area contributed by atoms with Gasteiger partial charge in [-0.3, -0.25) is 0 Å². The molecule has 0 radical (unpaired) electrons. The fourth-order valence-electron chi connectivity index (χ4n) is 3.04. The summed E-state index contributed by atoms with van der Waals surface area (Å²) in [6.45, 7) is 8.86. The van der Waals surface area contributed by atoms with Crippen molar-refractivity contribution in [1.82, 2.24) is 10.2 Å². The molecule has 2 rings (SSSR count). The number of likely N-dealkylation sites (tertiary alicyclic amines) is 1. The van der Waals surface area contributed by atoms with Crippen molar-refractivity contribution in [3.8, 4) is 5.75 Å². The smallest absolute Gasteiger partial charge is 0.410 e. The summed E-state index contributed by atoms with van der Waals surface area (Å²) in [5.74, 6) is 1.25. The van der Waals surface area contributed by atoms with Crippen LogP contribution in [0, 0.1) is 5.92 Å². The second-order valence-electron chi connectivity index (χ2n) is 7.87. The first-order chi connectivity index (χ1) is 12.8. The number of amides is 1. The average Bonchev–Trinajstić information content (AvgIpc) is 2.60. The molecular formula is C20H31ClN2O4. The maximum Gasteiger partial charge on any atom is 0.410 e. The zero-order valence-corrected chi connectivity index (χ0v) is 17.2. The number of nitrogens with one attached hydrogen (secondary N) is 1. The minimum Gasteiger partial charge on any atom is -0.491 e. The van der Waals surface area contributed by atoms with Crippen LogP contribution in [0.4, 0.5) is 4.79 Å². The first kappa shape index (κ1) is 21.8. The van der Waals surface area contributed by atoms with E-state index in [4.69, 9.17) is 26.2 Å². The molecule has 0 aromatic heterocycles. The third-order valence-corrected chi connectivity index (χ3v) is 4.62. The van der Waals surface area contributed by atoms with Crippen molar-refractivity contribution >= 4 is 17.7 Å². The van der Waals surface area contributed by atoms with Crippen LogP contribution < -0.4 is 10.1 Å². The molecule has 7 heteroatoms. The molecule has 1 saturated heterocycles. The third-order valence-electron chi connectivity index (χ3n) is 4.39. The summed E-state index contributed by atoms with van der Waals surface area (Å²) in [4.78, 5) is 13.9. The lowest BCUT2D eigenvalue weighted by atomic mass is 9.97. The third kappa shape index (κ3) is 7.56. The molecule has 6 nitrogen and oxygen atoms in total. The van der Waals surface area contributed by atoms with E-state index in [2.05, 4.69) is 5.32 Å². The van der Waals surface area contributed by atoms with Gasteiger partial charge in [0.2, 0.25) is 0 Å². The Morgan fingerprint density at radius 1 is 1.33 bits per heavy atom. The van der Waals surface area contributed by atoms with Crippen LogP contribution in [0.2, 0.25) is 5.02 Å². The van der Waals surface area contributed by atoms with Crippen molar-refractivity contribution in [2.75, 3.05) is 32.8 Å². The average molecular weight is 399 g/mol. The molecule has 152 valence electrons. The molecule has 1 aromatic carbocycles. The van der Waals surface area contributed by atoms with Crippen molar-refractivity contribution in [1.29, 1.82) is 0 Å². The molecule has 2 N–H and O–H groups in total. The first-order valence-electron chi connectivity index (χ1n) is 9.49. The predicted molar refractivity (Wildman–Crippen MR) is 106 cm³/mol. The lowest BCUT2D eigenvalue weighted by molar-refractivity contribution is 0.0184. The lowest BCUT2D eigenvalue weighted by Gasteiger charge is -2.33. The Bertz CT molecular complexity index is 610. The molecule has 0 saturated carbocycles. The highest BCUT2D eigenvalue weighted by Gasteiger charge is 2.26. The minimum absolute atomic E-state index is 0.0221. The fourth-order valence-corrected chi connectivity index (χ4v) is 3.23. The highest BCUT2D eigenvalue weighted by atomic mass is 35.5. The van der Waals surface area contributed by atoms with Gasteiger partial charge in [-0.05, 0) is 64.3 Å². The number of carbonyl (C=O) groups is 1. The second kappa shape index (κ2) is 10.2. The van der Waals surface area contributed by atoms with Crippen LogP contribution in [-0.2, 0) is 11.3 Å². The first-order valence-corrected chi connectivity index (χ1v) is 9.87. The summed E-state index contributed by atoms with van der Waals surface area (Å²) in [7, 11) is 0. The van der Waals surface area contributed by atoms with E-state index in [1.54, 1.807) is 11.0 Å². The molecule has 0 spiro atoms. The number of piperidine rings is 1. The Balaban J connectivity index is 1.76. The van der Waals surface area contributed by atoms with Crippen LogP contribution in [0.5, 0.6) is 5.75 Å². The minimum atomic E-state index is -0.456. The van der Waals surface area contributed by atoms with Crippen molar-refractivity contribution in [3.05, 3.63) is 28.8 Å². The van der Waals surface area contributed by atoms with Crippen molar-refractivity contribution in [2.24, 2.45) is 5.92 Å². The van der Waals surface area contributed by atoms with Crippen molar-refractivity contribution < 1.29 is 19.4 Å². The molecule has 1 heterocycles. The molecule has 1 fully saturated rings. The predicted octanol–water partition coefficient (Wildman–Crippen LogP) is 3.45. The molecule has 1 aromatic rings. The molecule has 0 unspecified atom stereocenters. The van der Waals surface area contributed by atoms with Crippen LogP contribution in [0.1, 0.15) is 39.2 Å². The largest absolute Gasteiger partial charge is 0.491 e. The summed E-state index contributed by atoms with van der Waals surface area (Å²) in [5.41, 5.74) is 0.518. The van der Waals surface area contributed by atoms with Gasteiger partial charge in [0.25, 0.3) is 0 Å². The summed E-state index contributed by atoms with van der Waals surface area (Å²) < 4.78 is 11.0.